The number of hydrogen-bond donors (Lipinski definition) is 0. The molecule has 0 spiro atoms. The topological polar surface area (TPSA) is 49.9 Å². The lowest BCUT2D eigenvalue weighted by molar-refractivity contribution is -0.136. The molecule has 1 heterocycles. The lowest BCUT2D eigenvalue weighted by Gasteiger charge is -2.23. The van der Waals surface area contributed by atoms with Crippen LogP contribution in [0.15, 0.2) is 48.5 Å². The summed E-state index contributed by atoms with van der Waals surface area (Å²) < 4.78 is 5.02. The number of ether oxygens (including phenoxy) is 1. The summed E-state index contributed by atoms with van der Waals surface area (Å²) in [5, 5.41) is 0. The van der Waals surface area contributed by atoms with Crippen LogP contribution in [-0.2, 0) is 20.7 Å². The van der Waals surface area contributed by atoms with Gasteiger partial charge in [-0.3, -0.25) is 9.59 Å². The van der Waals surface area contributed by atoms with Gasteiger partial charge in [0, 0.05) is 33.3 Å². The lowest BCUT2D eigenvalue weighted by Crippen LogP contribution is -2.39. The Morgan fingerprint density at radius 3 is 2.66 bits per heavy atom. The average molecular weight is 395 g/mol. The Kier molecular flexibility index (Phi) is 7.04. The first-order valence-electron chi connectivity index (χ1n) is 10.2. The standard InChI is InChI=1S/C24H30N2O3/c1-4-25-12-13-26(23(27)17-29-3)16-21(24(25)28)15-19-9-7-10-20(14-19)22-11-6-5-8-18(22)2/h5-11,14,21H,4,12-13,15-17H2,1-3H3. The van der Waals surface area contributed by atoms with E-state index in [1.54, 1.807) is 4.90 Å². The van der Waals surface area contributed by atoms with Gasteiger partial charge in [0.2, 0.25) is 11.8 Å². The van der Waals surface area contributed by atoms with Gasteiger partial charge in [-0.05, 0) is 42.5 Å². The second kappa shape index (κ2) is 9.70. The average Bonchev–Trinajstić information content (AvgIpc) is 2.88. The zero-order valence-corrected chi connectivity index (χ0v) is 17.6. The minimum atomic E-state index is -0.245. The van der Waals surface area contributed by atoms with E-state index < -0.39 is 0 Å². The number of likely N-dealkylation sites (N-methyl/N-ethyl adjacent to an activating group) is 1. The first kappa shape index (κ1) is 21.1. The van der Waals surface area contributed by atoms with E-state index in [9.17, 15) is 9.59 Å². The molecule has 1 aliphatic heterocycles. The van der Waals surface area contributed by atoms with Gasteiger partial charge in [-0.2, -0.15) is 0 Å². The van der Waals surface area contributed by atoms with Gasteiger partial charge in [-0.1, -0.05) is 48.5 Å². The van der Waals surface area contributed by atoms with Crippen LogP contribution in [0.1, 0.15) is 18.1 Å². The van der Waals surface area contributed by atoms with Crippen LogP contribution in [0.25, 0.3) is 11.1 Å². The number of nitrogens with zero attached hydrogens (tertiary/aromatic N) is 2. The molecular formula is C24H30N2O3. The molecule has 5 heteroatoms. The summed E-state index contributed by atoms with van der Waals surface area (Å²) in [5.74, 6) is -0.177. The zero-order chi connectivity index (χ0) is 20.8. The lowest BCUT2D eigenvalue weighted by atomic mass is 9.93. The first-order valence-corrected chi connectivity index (χ1v) is 10.2. The molecule has 0 radical (unpaired) electrons. The van der Waals surface area contributed by atoms with E-state index in [2.05, 4.69) is 37.3 Å². The highest BCUT2D eigenvalue weighted by Crippen LogP contribution is 2.25. The number of hydrogen-bond acceptors (Lipinski definition) is 3. The fourth-order valence-corrected chi connectivity index (χ4v) is 4.00. The Hall–Kier alpha value is -2.66. The van der Waals surface area contributed by atoms with Crippen LogP contribution in [0.4, 0.5) is 0 Å². The maximum Gasteiger partial charge on any atom is 0.248 e. The molecule has 29 heavy (non-hydrogen) atoms. The van der Waals surface area contributed by atoms with Crippen molar-refractivity contribution in [3.63, 3.8) is 0 Å². The normalized spacial score (nSPS) is 17.3. The molecule has 1 unspecified atom stereocenters. The number of methoxy groups -OCH3 is 1. The third-order valence-electron chi connectivity index (χ3n) is 5.61. The number of carbonyl (C=O) groups is 2. The molecule has 1 fully saturated rings. The predicted octanol–water partition coefficient (Wildman–Crippen LogP) is 3.16. The van der Waals surface area contributed by atoms with Crippen molar-refractivity contribution in [2.45, 2.75) is 20.3 Å². The van der Waals surface area contributed by atoms with Crippen LogP contribution in [0.3, 0.4) is 0 Å². The summed E-state index contributed by atoms with van der Waals surface area (Å²) in [6.07, 6.45) is 0.617. The SMILES string of the molecule is CCN1CCN(C(=O)COC)CC(Cc2cccc(-c3ccccc3C)c2)C1=O. The Balaban J connectivity index is 1.84. The smallest absolute Gasteiger partial charge is 0.248 e. The Labute approximate surface area is 173 Å². The van der Waals surface area contributed by atoms with Crippen LogP contribution in [-0.4, -0.2) is 61.5 Å². The van der Waals surface area contributed by atoms with Gasteiger partial charge in [0.25, 0.3) is 0 Å². The molecule has 0 aromatic heterocycles. The number of aryl methyl sites for hydroxylation is 1. The summed E-state index contributed by atoms with van der Waals surface area (Å²) in [5.41, 5.74) is 4.69. The van der Waals surface area contributed by atoms with Crippen LogP contribution in [0.2, 0.25) is 0 Å². The van der Waals surface area contributed by atoms with Gasteiger partial charge in [-0.15, -0.1) is 0 Å². The van der Waals surface area contributed by atoms with Crippen molar-refractivity contribution in [2.24, 2.45) is 5.92 Å². The maximum absolute atomic E-state index is 13.1. The van der Waals surface area contributed by atoms with Crippen LogP contribution >= 0.6 is 0 Å². The highest BCUT2D eigenvalue weighted by atomic mass is 16.5. The minimum Gasteiger partial charge on any atom is -0.375 e. The zero-order valence-electron chi connectivity index (χ0n) is 17.6. The molecule has 2 aromatic rings. The molecule has 5 nitrogen and oxygen atoms in total. The molecule has 2 amide bonds. The molecule has 0 bridgehead atoms. The first-order chi connectivity index (χ1) is 14.0. The third kappa shape index (κ3) is 5.04. The molecule has 3 rings (SSSR count). The van der Waals surface area contributed by atoms with E-state index in [1.807, 2.05) is 30.0 Å². The third-order valence-corrected chi connectivity index (χ3v) is 5.61. The summed E-state index contributed by atoms with van der Waals surface area (Å²) in [4.78, 5) is 29.1. The second-order valence-corrected chi connectivity index (χ2v) is 7.61. The Morgan fingerprint density at radius 2 is 1.93 bits per heavy atom. The summed E-state index contributed by atoms with van der Waals surface area (Å²) in [7, 11) is 1.52. The largest absolute Gasteiger partial charge is 0.375 e. The number of amides is 2. The monoisotopic (exact) mass is 394 g/mol. The van der Waals surface area contributed by atoms with E-state index in [-0.39, 0.29) is 24.3 Å². The number of benzene rings is 2. The quantitative estimate of drug-likeness (QED) is 0.756. The van der Waals surface area contributed by atoms with Crippen LogP contribution in [0, 0.1) is 12.8 Å². The van der Waals surface area contributed by atoms with Crippen molar-refractivity contribution in [3.8, 4) is 11.1 Å². The van der Waals surface area contributed by atoms with Crippen molar-refractivity contribution in [3.05, 3.63) is 59.7 Å². The van der Waals surface area contributed by atoms with Crippen LogP contribution < -0.4 is 0 Å². The fourth-order valence-electron chi connectivity index (χ4n) is 4.00. The summed E-state index contributed by atoms with van der Waals surface area (Å²) >= 11 is 0. The molecule has 1 atom stereocenters. The fraction of sp³-hybridized carbons (Fsp3) is 0.417. The van der Waals surface area contributed by atoms with E-state index >= 15 is 0 Å². The van der Waals surface area contributed by atoms with E-state index in [0.717, 1.165) is 11.1 Å². The van der Waals surface area contributed by atoms with E-state index in [0.29, 0.717) is 32.6 Å². The molecule has 1 saturated heterocycles. The van der Waals surface area contributed by atoms with Crippen molar-refractivity contribution < 1.29 is 14.3 Å². The van der Waals surface area contributed by atoms with E-state index in [1.165, 1.54) is 18.2 Å². The Bertz CT molecular complexity index is 865. The predicted molar refractivity (Wildman–Crippen MR) is 115 cm³/mol. The number of carbonyl (C=O) groups excluding carboxylic acids is 2. The molecule has 0 aliphatic carbocycles. The molecule has 0 N–H and O–H groups in total. The van der Waals surface area contributed by atoms with E-state index in [4.69, 9.17) is 4.74 Å². The van der Waals surface area contributed by atoms with Gasteiger partial charge in [0.1, 0.15) is 6.61 Å². The summed E-state index contributed by atoms with van der Waals surface area (Å²) in [6.45, 7) is 6.37. The van der Waals surface area contributed by atoms with Crippen molar-refractivity contribution in [1.82, 2.24) is 9.80 Å². The highest BCUT2D eigenvalue weighted by molar-refractivity contribution is 5.83. The van der Waals surface area contributed by atoms with Gasteiger partial charge >= 0.3 is 0 Å². The molecule has 0 saturated carbocycles. The molecule has 1 aliphatic rings. The number of rotatable bonds is 6. The highest BCUT2D eigenvalue weighted by Gasteiger charge is 2.31. The van der Waals surface area contributed by atoms with Gasteiger partial charge in [0.15, 0.2) is 0 Å². The minimum absolute atomic E-state index is 0.0514. The maximum atomic E-state index is 13.1. The van der Waals surface area contributed by atoms with Crippen molar-refractivity contribution >= 4 is 11.8 Å². The van der Waals surface area contributed by atoms with Gasteiger partial charge in [0.05, 0.1) is 5.92 Å². The molecule has 2 aromatic carbocycles. The summed E-state index contributed by atoms with van der Waals surface area (Å²) in [6, 6.07) is 16.7. The molecule has 154 valence electrons. The van der Waals surface area contributed by atoms with Crippen LogP contribution in [0.5, 0.6) is 0 Å². The van der Waals surface area contributed by atoms with Gasteiger partial charge in [-0.25, -0.2) is 0 Å². The van der Waals surface area contributed by atoms with Crippen molar-refractivity contribution in [1.29, 1.82) is 0 Å². The molecular weight excluding hydrogens is 364 g/mol. The second-order valence-electron chi connectivity index (χ2n) is 7.61. The van der Waals surface area contributed by atoms with Crippen molar-refractivity contribution in [2.75, 3.05) is 39.9 Å². The Morgan fingerprint density at radius 1 is 1.14 bits per heavy atom. The van der Waals surface area contributed by atoms with Gasteiger partial charge < -0.3 is 14.5 Å².